The Bertz CT molecular complexity index is 984. The number of piperidine rings is 1. The van der Waals surface area contributed by atoms with E-state index in [4.69, 9.17) is 0 Å². The van der Waals surface area contributed by atoms with Crippen LogP contribution in [0, 0.1) is 12.8 Å². The lowest BCUT2D eigenvalue weighted by Crippen LogP contribution is -2.39. The van der Waals surface area contributed by atoms with E-state index in [0.29, 0.717) is 12.4 Å². The molecule has 1 saturated heterocycles. The normalized spacial score (nSPS) is 15.8. The first-order valence-corrected chi connectivity index (χ1v) is 10.2. The number of pyridine rings is 1. The fourth-order valence-electron chi connectivity index (χ4n) is 3.52. The predicted octanol–water partition coefficient (Wildman–Crippen LogP) is 3.68. The van der Waals surface area contributed by atoms with Crippen LogP contribution in [0.5, 0.6) is 0 Å². The molecule has 4 rings (SSSR count). The maximum absolute atomic E-state index is 12.6. The highest BCUT2D eigenvalue weighted by molar-refractivity contribution is 7.14. The van der Waals surface area contributed by atoms with Gasteiger partial charge in [0.2, 0.25) is 5.91 Å². The van der Waals surface area contributed by atoms with Gasteiger partial charge in [-0.05, 0) is 50.4 Å². The SMILES string of the molecule is Cc1nnc(-c2ccc3cnc(NC(=O)C4CCN(CCF)CC4)cc3c2)s1. The van der Waals surface area contributed by atoms with Gasteiger partial charge in [0, 0.05) is 29.6 Å². The minimum atomic E-state index is -0.337. The highest BCUT2D eigenvalue weighted by Gasteiger charge is 2.25. The number of likely N-dealkylation sites (tertiary alicyclic amines) is 1. The number of carbonyl (C=O) groups is 1. The Morgan fingerprint density at radius 3 is 2.79 bits per heavy atom. The summed E-state index contributed by atoms with van der Waals surface area (Å²) in [6.07, 6.45) is 3.27. The average Bonchev–Trinajstić information content (AvgIpc) is 3.14. The molecule has 0 bridgehead atoms. The lowest BCUT2D eigenvalue weighted by molar-refractivity contribution is -0.121. The van der Waals surface area contributed by atoms with Crippen molar-refractivity contribution in [3.63, 3.8) is 0 Å². The number of aryl methyl sites for hydroxylation is 1. The molecule has 8 heteroatoms. The summed E-state index contributed by atoms with van der Waals surface area (Å²) in [6, 6.07) is 7.94. The third kappa shape index (κ3) is 4.18. The van der Waals surface area contributed by atoms with Gasteiger partial charge in [-0.2, -0.15) is 0 Å². The summed E-state index contributed by atoms with van der Waals surface area (Å²) >= 11 is 1.55. The Hall–Kier alpha value is -2.45. The molecule has 6 nitrogen and oxygen atoms in total. The van der Waals surface area contributed by atoms with E-state index in [0.717, 1.165) is 52.3 Å². The van der Waals surface area contributed by atoms with Crippen molar-refractivity contribution in [2.24, 2.45) is 5.92 Å². The maximum atomic E-state index is 12.6. The first kappa shape index (κ1) is 18.9. The zero-order valence-corrected chi connectivity index (χ0v) is 16.5. The third-order valence-electron chi connectivity index (χ3n) is 5.11. The molecule has 1 fully saturated rings. The van der Waals surface area contributed by atoms with Gasteiger partial charge in [0.15, 0.2) is 0 Å². The molecule has 0 saturated carbocycles. The summed E-state index contributed by atoms with van der Waals surface area (Å²) in [6.45, 7) is 3.57. The number of amides is 1. The zero-order chi connectivity index (χ0) is 19.5. The lowest BCUT2D eigenvalue weighted by atomic mass is 9.96. The van der Waals surface area contributed by atoms with Crippen molar-refractivity contribution in [1.82, 2.24) is 20.1 Å². The number of benzene rings is 1. The molecular weight excluding hydrogens is 377 g/mol. The number of aromatic nitrogens is 3. The van der Waals surface area contributed by atoms with Gasteiger partial charge in [-0.3, -0.25) is 4.79 Å². The second-order valence-corrected chi connectivity index (χ2v) is 8.23. The summed E-state index contributed by atoms with van der Waals surface area (Å²) in [5, 5.41) is 15.0. The summed E-state index contributed by atoms with van der Waals surface area (Å²) in [4.78, 5) is 19.0. The summed E-state index contributed by atoms with van der Waals surface area (Å²) in [5.74, 6) is 0.487. The largest absolute Gasteiger partial charge is 0.310 e. The summed E-state index contributed by atoms with van der Waals surface area (Å²) < 4.78 is 12.5. The molecule has 0 unspecified atom stereocenters. The Kier molecular flexibility index (Phi) is 5.59. The van der Waals surface area contributed by atoms with Crippen LogP contribution >= 0.6 is 11.3 Å². The Labute approximate surface area is 166 Å². The van der Waals surface area contributed by atoms with Crippen molar-refractivity contribution in [2.75, 3.05) is 31.6 Å². The molecule has 2 aromatic heterocycles. The number of fused-ring (bicyclic) bond motifs is 1. The van der Waals surface area contributed by atoms with Gasteiger partial charge in [0.25, 0.3) is 0 Å². The predicted molar refractivity (Wildman–Crippen MR) is 109 cm³/mol. The van der Waals surface area contributed by atoms with E-state index in [1.165, 1.54) is 0 Å². The van der Waals surface area contributed by atoms with Crippen LogP contribution in [-0.2, 0) is 4.79 Å². The van der Waals surface area contributed by atoms with Gasteiger partial charge in [-0.15, -0.1) is 10.2 Å². The molecule has 1 aliphatic heterocycles. The molecule has 0 atom stereocenters. The third-order valence-corrected chi connectivity index (χ3v) is 5.99. The molecule has 28 heavy (non-hydrogen) atoms. The molecule has 1 aliphatic rings. The molecule has 1 aromatic carbocycles. The van der Waals surface area contributed by atoms with Crippen molar-refractivity contribution in [2.45, 2.75) is 19.8 Å². The van der Waals surface area contributed by atoms with Crippen molar-refractivity contribution in [3.05, 3.63) is 35.5 Å². The Morgan fingerprint density at radius 2 is 2.07 bits per heavy atom. The standard InChI is InChI=1S/C20H22FN5OS/c1-13-24-25-20(28-13)15-2-3-16-12-22-18(11-17(16)10-15)23-19(27)14-4-7-26(8-5-14)9-6-21/h2-3,10-12,14H,4-9H2,1H3,(H,22,23,27). The van der Waals surface area contributed by atoms with E-state index >= 15 is 0 Å². The van der Waals surface area contributed by atoms with E-state index in [1.54, 1.807) is 17.5 Å². The van der Waals surface area contributed by atoms with Crippen LogP contribution in [0.3, 0.4) is 0 Å². The van der Waals surface area contributed by atoms with Crippen LogP contribution in [0.2, 0.25) is 0 Å². The topological polar surface area (TPSA) is 71.0 Å². The molecule has 0 radical (unpaired) electrons. The van der Waals surface area contributed by atoms with E-state index in [-0.39, 0.29) is 18.5 Å². The summed E-state index contributed by atoms with van der Waals surface area (Å²) in [7, 11) is 0. The van der Waals surface area contributed by atoms with Crippen LogP contribution < -0.4 is 5.32 Å². The van der Waals surface area contributed by atoms with Gasteiger partial charge < -0.3 is 10.2 Å². The van der Waals surface area contributed by atoms with Gasteiger partial charge in [0.05, 0.1) is 0 Å². The quantitative estimate of drug-likeness (QED) is 0.709. The molecule has 0 spiro atoms. The van der Waals surface area contributed by atoms with E-state index in [9.17, 15) is 9.18 Å². The first-order chi connectivity index (χ1) is 13.6. The molecule has 3 heterocycles. The smallest absolute Gasteiger partial charge is 0.228 e. The number of anilines is 1. The number of rotatable bonds is 5. The van der Waals surface area contributed by atoms with Gasteiger partial charge >= 0.3 is 0 Å². The molecule has 3 aromatic rings. The fraction of sp³-hybridized carbons (Fsp3) is 0.400. The van der Waals surface area contributed by atoms with Gasteiger partial charge in [-0.25, -0.2) is 9.37 Å². The van der Waals surface area contributed by atoms with Gasteiger partial charge in [-0.1, -0.05) is 23.5 Å². The minimum absolute atomic E-state index is 0.0114. The number of nitrogens with one attached hydrogen (secondary N) is 1. The average molecular weight is 399 g/mol. The number of nitrogens with zero attached hydrogens (tertiary/aromatic N) is 4. The second kappa shape index (κ2) is 8.28. The van der Waals surface area contributed by atoms with E-state index in [2.05, 4.69) is 25.4 Å². The lowest BCUT2D eigenvalue weighted by Gasteiger charge is -2.30. The molecule has 1 N–H and O–H groups in total. The highest BCUT2D eigenvalue weighted by Crippen LogP contribution is 2.28. The van der Waals surface area contributed by atoms with Gasteiger partial charge in [0.1, 0.15) is 22.5 Å². The van der Waals surface area contributed by atoms with Crippen molar-refractivity contribution in [3.8, 4) is 10.6 Å². The van der Waals surface area contributed by atoms with Crippen molar-refractivity contribution in [1.29, 1.82) is 0 Å². The molecule has 0 aliphatic carbocycles. The maximum Gasteiger partial charge on any atom is 0.228 e. The first-order valence-electron chi connectivity index (χ1n) is 9.42. The minimum Gasteiger partial charge on any atom is -0.310 e. The number of hydrogen-bond acceptors (Lipinski definition) is 6. The monoisotopic (exact) mass is 399 g/mol. The van der Waals surface area contributed by atoms with Crippen LogP contribution in [0.15, 0.2) is 30.5 Å². The van der Waals surface area contributed by atoms with Crippen LogP contribution in [0.1, 0.15) is 17.8 Å². The van der Waals surface area contributed by atoms with Crippen LogP contribution in [0.25, 0.3) is 21.3 Å². The van der Waals surface area contributed by atoms with E-state index < -0.39 is 0 Å². The van der Waals surface area contributed by atoms with Crippen molar-refractivity contribution >= 4 is 33.8 Å². The second-order valence-electron chi connectivity index (χ2n) is 7.05. The van der Waals surface area contributed by atoms with E-state index in [1.807, 2.05) is 31.2 Å². The summed E-state index contributed by atoms with van der Waals surface area (Å²) in [5.41, 5.74) is 1.00. The van der Waals surface area contributed by atoms with Crippen LogP contribution in [-0.4, -0.2) is 52.3 Å². The number of hydrogen-bond donors (Lipinski definition) is 1. The fourth-order valence-corrected chi connectivity index (χ4v) is 4.21. The Morgan fingerprint density at radius 1 is 1.25 bits per heavy atom. The number of halogens is 1. The number of carbonyl (C=O) groups excluding carboxylic acids is 1. The molecule has 1 amide bonds. The number of alkyl halides is 1. The highest BCUT2D eigenvalue weighted by atomic mass is 32.1. The molecular formula is C20H22FN5OS. The zero-order valence-electron chi connectivity index (χ0n) is 15.7. The molecule has 146 valence electrons. The van der Waals surface area contributed by atoms with Crippen molar-refractivity contribution < 1.29 is 9.18 Å². The Balaban J connectivity index is 1.47. The van der Waals surface area contributed by atoms with Crippen LogP contribution in [0.4, 0.5) is 10.2 Å².